The van der Waals surface area contributed by atoms with Crippen LogP contribution in [0, 0.1) is 0 Å². The van der Waals surface area contributed by atoms with Gasteiger partial charge in [0.2, 0.25) is 0 Å². The van der Waals surface area contributed by atoms with Crippen LogP contribution in [0.25, 0.3) is 125 Å². The highest BCUT2D eigenvalue weighted by atomic mass is 32.1. The summed E-state index contributed by atoms with van der Waals surface area (Å²) in [6.07, 6.45) is 0. The van der Waals surface area contributed by atoms with Gasteiger partial charge < -0.3 is 8.98 Å². The van der Waals surface area contributed by atoms with Crippen molar-refractivity contribution in [1.29, 1.82) is 0 Å². The number of para-hydroxylation sites is 2. The summed E-state index contributed by atoms with van der Waals surface area (Å²) in [5, 5.41) is 8.00. The zero-order valence-corrected chi connectivity index (χ0v) is 33.5. The molecule has 13 rings (SSSR count). The molecule has 0 fully saturated rings. The maximum absolute atomic E-state index is 7.01. The molecule has 13 aromatic rings. The van der Waals surface area contributed by atoms with Crippen LogP contribution in [0.2, 0.25) is 0 Å². The normalized spacial score (nSPS) is 11.9. The van der Waals surface area contributed by atoms with Gasteiger partial charge in [-0.3, -0.25) is 0 Å². The van der Waals surface area contributed by atoms with Gasteiger partial charge in [0.1, 0.15) is 5.58 Å². The minimum Gasteiger partial charge on any atom is -0.454 e. The molecule has 5 heteroatoms. The number of furan rings is 1. The first-order valence-corrected chi connectivity index (χ1v) is 21.4. The third-order valence-electron chi connectivity index (χ3n) is 12.2. The Bertz CT molecular complexity index is 3860. The summed E-state index contributed by atoms with van der Waals surface area (Å²) in [6, 6.07) is 71.2. The monoisotopic (exact) mass is 795 g/mol. The average molecular weight is 796 g/mol. The predicted molar refractivity (Wildman–Crippen MR) is 256 cm³/mol. The second-order valence-corrected chi connectivity index (χ2v) is 16.7. The first-order chi connectivity index (χ1) is 30.3. The predicted octanol–water partition coefficient (Wildman–Crippen LogP) is 15.7. The van der Waals surface area contributed by atoms with E-state index in [2.05, 4.69) is 205 Å². The standard InChI is InChI=1S/C56H33N3OS/c1-3-15-34(16-4-1)35-29-31-37(32-30-35)52-55-53(41-22-10-12-28-48(41)61-55)58-56(57-52)43-24-14-27-47-50(43)42-23-13-26-45(54(42)60-47)59-44-25-11-9-21-40(44)51-46(59)33-38-19-7-8-20-39(38)49(51)36-17-5-2-6-18-36/h1-33H. The van der Waals surface area contributed by atoms with Gasteiger partial charge in [-0.2, -0.15) is 0 Å². The van der Waals surface area contributed by atoms with Gasteiger partial charge in [0.25, 0.3) is 0 Å². The highest BCUT2D eigenvalue weighted by Gasteiger charge is 2.24. The van der Waals surface area contributed by atoms with E-state index in [1.807, 2.05) is 0 Å². The van der Waals surface area contributed by atoms with Gasteiger partial charge in [-0.25, -0.2) is 9.97 Å². The van der Waals surface area contributed by atoms with Crippen LogP contribution >= 0.6 is 11.3 Å². The van der Waals surface area contributed by atoms with E-state index in [1.165, 1.54) is 48.5 Å². The third kappa shape index (κ3) is 5.18. The van der Waals surface area contributed by atoms with Crippen LogP contribution in [0.3, 0.4) is 0 Å². The van der Waals surface area contributed by atoms with Crippen molar-refractivity contribution in [2.75, 3.05) is 0 Å². The molecule has 284 valence electrons. The van der Waals surface area contributed by atoms with Crippen molar-refractivity contribution in [3.63, 3.8) is 0 Å². The number of nitrogens with zero attached hydrogens (tertiary/aromatic N) is 3. The zero-order valence-electron chi connectivity index (χ0n) is 32.7. The van der Waals surface area contributed by atoms with E-state index in [9.17, 15) is 0 Å². The Morgan fingerprint density at radius 2 is 1.11 bits per heavy atom. The second-order valence-electron chi connectivity index (χ2n) is 15.6. The minimum atomic E-state index is 0.674. The van der Waals surface area contributed by atoms with E-state index in [-0.39, 0.29) is 0 Å². The molecular weight excluding hydrogens is 763 g/mol. The van der Waals surface area contributed by atoms with Crippen molar-refractivity contribution in [2.24, 2.45) is 0 Å². The highest BCUT2D eigenvalue weighted by molar-refractivity contribution is 7.26. The largest absolute Gasteiger partial charge is 0.454 e. The van der Waals surface area contributed by atoms with Crippen molar-refractivity contribution in [3.05, 3.63) is 200 Å². The summed E-state index contributed by atoms with van der Waals surface area (Å²) in [5.41, 5.74) is 13.5. The molecule has 0 unspecified atom stereocenters. The molecule has 0 spiro atoms. The molecule has 0 radical (unpaired) electrons. The number of aromatic nitrogens is 3. The fourth-order valence-corrected chi connectivity index (χ4v) is 10.7. The maximum atomic E-state index is 7.01. The molecule has 0 saturated heterocycles. The Kier molecular flexibility index (Phi) is 7.44. The molecule has 0 N–H and O–H groups in total. The molecule has 0 atom stereocenters. The molecule has 0 saturated carbocycles. The van der Waals surface area contributed by atoms with Crippen molar-refractivity contribution in [3.8, 4) is 50.6 Å². The van der Waals surface area contributed by atoms with E-state index in [0.29, 0.717) is 5.82 Å². The molecule has 0 aliphatic rings. The van der Waals surface area contributed by atoms with Crippen LogP contribution in [0.1, 0.15) is 0 Å². The van der Waals surface area contributed by atoms with Crippen molar-refractivity contribution >= 4 is 86.2 Å². The van der Waals surface area contributed by atoms with Gasteiger partial charge in [-0.15, -0.1) is 11.3 Å². The van der Waals surface area contributed by atoms with Gasteiger partial charge in [-0.05, 0) is 63.4 Å². The van der Waals surface area contributed by atoms with Crippen molar-refractivity contribution in [1.82, 2.24) is 14.5 Å². The molecule has 0 amide bonds. The summed E-state index contributed by atoms with van der Waals surface area (Å²) < 4.78 is 11.7. The quantitative estimate of drug-likeness (QED) is 0.174. The fourth-order valence-electron chi connectivity index (χ4n) is 9.51. The van der Waals surface area contributed by atoms with Crippen LogP contribution in [-0.4, -0.2) is 14.5 Å². The Morgan fingerprint density at radius 3 is 1.95 bits per heavy atom. The Morgan fingerprint density at radius 1 is 0.459 bits per heavy atom. The van der Waals surface area contributed by atoms with Crippen LogP contribution in [-0.2, 0) is 0 Å². The number of benzene rings is 9. The Labute approximate surface area is 354 Å². The molecular formula is C56H33N3OS. The van der Waals surface area contributed by atoms with Gasteiger partial charge in [0, 0.05) is 42.8 Å². The van der Waals surface area contributed by atoms with E-state index >= 15 is 0 Å². The molecule has 4 aromatic heterocycles. The Balaban J connectivity index is 1.06. The summed E-state index contributed by atoms with van der Waals surface area (Å²) in [4.78, 5) is 10.8. The smallest absolute Gasteiger partial charge is 0.161 e. The molecule has 4 nitrogen and oxygen atoms in total. The van der Waals surface area contributed by atoms with Crippen LogP contribution in [0.4, 0.5) is 0 Å². The summed E-state index contributed by atoms with van der Waals surface area (Å²) in [7, 11) is 0. The van der Waals surface area contributed by atoms with Crippen LogP contribution < -0.4 is 0 Å². The van der Waals surface area contributed by atoms with Crippen molar-refractivity contribution < 1.29 is 4.42 Å². The first kappa shape index (κ1) is 34.0. The lowest BCUT2D eigenvalue weighted by molar-refractivity contribution is 0.666. The second kappa shape index (κ2) is 13.3. The van der Waals surface area contributed by atoms with Gasteiger partial charge in [-0.1, -0.05) is 170 Å². The summed E-state index contributed by atoms with van der Waals surface area (Å²) in [5.74, 6) is 0.674. The molecule has 0 bridgehead atoms. The molecule has 4 heterocycles. The SMILES string of the molecule is c1ccc(-c2ccc(-c3nc(-c4cccc5oc6c(-n7c8ccccc8c8c(-c9ccccc9)c9ccccc9cc87)cccc6c45)nc4c3sc3ccccc34)cc2)cc1. The molecule has 61 heavy (non-hydrogen) atoms. The maximum Gasteiger partial charge on any atom is 0.161 e. The van der Waals surface area contributed by atoms with E-state index in [4.69, 9.17) is 14.4 Å². The summed E-state index contributed by atoms with van der Waals surface area (Å²) >= 11 is 1.75. The van der Waals surface area contributed by atoms with Gasteiger partial charge in [0.15, 0.2) is 11.4 Å². The molecule has 0 aliphatic heterocycles. The lowest BCUT2D eigenvalue weighted by atomic mass is 9.93. The number of fused-ring (bicyclic) bond motifs is 10. The van der Waals surface area contributed by atoms with Gasteiger partial charge in [0.05, 0.1) is 32.6 Å². The third-order valence-corrected chi connectivity index (χ3v) is 13.4. The summed E-state index contributed by atoms with van der Waals surface area (Å²) in [6.45, 7) is 0. The molecule has 0 aliphatic carbocycles. The average Bonchev–Trinajstić information content (AvgIpc) is 4.01. The Hall–Kier alpha value is -7.86. The fraction of sp³-hybridized carbons (Fsp3) is 0. The lowest BCUT2D eigenvalue weighted by Crippen LogP contribution is -1.95. The molecule has 9 aromatic carbocycles. The minimum absolute atomic E-state index is 0.674. The number of hydrogen-bond donors (Lipinski definition) is 0. The van der Waals surface area contributed by atoms with Crippen molar-refractivity contribution in [2.45, 2.75) is 0 Å². The number of thiophene rings is 1. The number of rotatable bonds is 5. The van der Waals surface area contributed by atoms with Gasteiger partial charge >= 0.3 is 0 Å². The highest BCUT2D eigenvalue weighted by Crippen LogP contribution is 2.46. The topological polar surface area (TPSA) is 43.9 Å². The van der Waals surface area contributed by atoms with E-state index < -0.39 is 0 Å². The number of hydrogen-bond acceptors (Lipinski definition) is 4. The lowest BCUT2D eigenvalue weighted by Gasteiger charge is -2.12. The zero-order chi connectivity index (χ0) is 40.0. The van der Waals surface area contributed by atoms with Crippen LogP contribution in [0.15, 0.2) is 205 Å². The van der Waals surface area contributed by atoms with E-state index in [1.54, 1.807) is 11.3 Å². The first-order valence-electron chi connectivity index (χ1n) is 20.6. The van der Waals surface area contributed by atoms with E-state index in [0.717, 1.165) is 71.1 Å². The van der Waals surface area contributed by atoms with Crippen LogP contribution in [0.5, 0.6) is 0 Å².